The van der Waals surface area contributed by atoms with E-state index in [1.54, 1.807) is 84.9 Å². The molecule has 4 aromatic rings. The number of esters is 5. The molecule has 2 unspecified atom stereocenters. The molecule has 1 saturated heterocycles. The number of hydrogen-bond donors (Lipinski definition) is 1. The van der Waals surface area contributed by atoms with Crippen LogP contribution in [-0.2, 0) is 42.7 Å². The van der Waals surface area contributed by atoms with Gasteiger partial charge in [0.2, 0.25) is 5.91 Å². The van der Waals surface area contributed by atoms with Crippen molar-refractivity contribution in [3.63, 3.8) is 0 Å². The van der Waals surface area contributed by atoms with Crippen molar-refractivity contribution < 1.29 is 61.9 Å². The zero-order valence-electron chi connectivity index (χ0n) is 40.5. The van der Waals surface area contributed by atoms with E-state index in [2.05, 4.69) is 12.2 Å². The van der Waals surface area contributed by atoms with E-state index in [9.17, 15) is 28.8 Å². The second-order valence-corrected chi connectivity index (χ2v) is 17.4. The van der Waals surface area contributed by atoms with Gasteiger partial charge in [-0.1, -0.05) is 170 Å². The highest BCUT2D eigenvalue weighted by molar-refractivity contribution is 5.92. The van der Waals surface area contributed by atoms with Crippen molar-refractivity contribution in [1.29, 1.82) is 0 Å². The van der Waals surface area contributed by atoms with Gasteiger partial charge in [0.1, 0.15) is 12.7 Å². The van der Waals surface area contributed by atoms with Gasteiger partial charge in [-0.2, -0.15) is 0 Å². The number of rotatable bonds is 30. The predicted octanol–water partition coefficient (Wildman–Crippen LogP) is 10.2. The van der Waals surface area contributed by atoms with Crippen LogP contribution in [0, 0.1) is 0 Å². The average molecular weight is 964 g/mol. The normalized spacial score (nSPS) is 17.9. The fourth-order valence-electron chi connectivity index (χ4n) is 8.09. The number of methoxy groups -OCH3 is 1. The number of benzene rings is 4. The lowest BCUT2D eigenvalue weighted by Gasteiger charge is -2.44. The van der Waals surface area contributed by atoms with Crippen molar-refractivity contribution in [2.45, 2.75) is 146 Å². The number of amides is 1. The van der Waals surface area contributed by atoms with Crippen molar-refractivity contribution in [3.05, 3.63) is 144 Å². The van der Waals surface area contributed by atoms with Crippen LogP contribution in [0.5, 0.6) is 0 Å². The quantitative estimate of drug-likeness (QED) is 0.0297. The van der Waals surface area contributed by atoms with Crippen LogP contribution >= 0.6 is 0 Å². The van der Waals surface area contributed by atoms with Gasteiger partial charge < -0.3 is 38.5 Å². The summed E-state index contributed by atoms with van der Waals surface area (Å²) in [6.07, 6.45) is 9.80. The van der Waals surface area contributed by atoms with E-state index in [0.717, 1.165) is 25.7 Å². The van der Waals surface area contributed by atoms with Crippen LogP contribution < -0.4 is 5.32 Å². The van der Waals surface area contributed by atoms with Crippen LogP contribution in [0.25, 0.3) is 0 Å². The molecule has 1 aliphatic heterocycles. The SMILES string of the molecule is CCCCCCCCCCCCCCCCCC(=O)NC(COC1O[C@H](COC(=O)c2ccccc2)[C@H](OC(=O)c2ccccc2)[C@H](OC(=O)c2ccccc2)[C@H]1OC(=O)c1ccccc1)C(=O)OC. The molecule has 0 aliphatic carbocycles. The molecule has 14 heteroatoms. The topological polar surface area (TPSA) is 179 Å². The average Bonchev–Trinajstić information content (AvgIpc) is 3.39. The fraction of sp³-hybridized carbons (Fsp3) is 0.464. The van der Waals surface area contributed by atoms with E-state index in [-0.39, 0.29) is 28.7 Å². The zero-order valence-corrected chi connectivity index (χ0v) is 40.5. The summed E-state index contributed by atoms with van der Waals surface area (Å²) in [5, 5.41) is 2.70. The van der Waals surface area contributed by atoms with Gasteiger partial charge in [-0.3, -0.25) is 4.79 Å². The second kappa shape index (κ2) is 31.0. The maximum Gasteiger partial charge on any atom is 0.338 e. The smallest absolute Gasteiger partial charge is 0.338 e. The summed E-state index contributed by atoms with van der Waals surface area (Å²) in [6.45, 7) is 1.10. The Morgan fingerprint density at radius 3 is 1.31 bits per heavy atom. The molecule has 1 amide bonds. The van der Waals surface area contributed by atoms with E-state index in [0.29, 0.717) is 6.42 Å². The lowest BCUT2D eigenvalue weighted by atomic mass is 9.97. The van der Waals surface area contributed by atoms with Crippen molar-refractivity contribution in [1.82, 2.24) is 5.32 Å². The van der Waals surface area contributed by atoms with E-state index >= 15 is 0 Å². The molecule has 14 nitrogen and oxygen atoms in total. The number of unbranched alkanes of at least 4 members (excludes halogenated alkanes) is 14. The standard InChI is InChI=1S/C56H69NO13/c1-3-4-5-6-7-8-9-10-11-12-13-14-15-16-29-38-47(58)57-45(55(63)64-2)39-66-56-50(70-54(62)44-36-27-20-28-37-44)49(69-53(61)43-34-25-19-26-35-43)48(68-52(60)42-32-23-18-24-33-42)46(67-56)40-65-51(59)41-30-21-17-22-31-41/h17-28,30-37,45-46,48-50,56H,3-16,29,38-40H2,1-2H3,(H,57,58)/t45?,46-,48+,49+,50-,56?/m1/s1. The molecule has 376 valence electrons. The summed E-state index contributed by atoms with van der Waals surface area (Å²) < 4.78 is 41.7. The monoisotopic (exact) mass is 963 g/mol. The van der Waals surface area contributed by atoms with Gasteiger partial charge in [0.15, 0.2) is 30.6 Å². The Labute approximate surface area is 412 Å². The third-order valence-electron chi connectivity index (χ3n) is 12.0. The molecule has 1 N–H and O–H groups in total. The van der Waals surface area contributed by atoms with Crippen LogP contribution in [0.1, 0.15) is 151 Å². The first-order valence-electron chi connectivity index (χ1n) is 24.8. The summed E-state index contributed by atoms with van der Waals surface area (Å²) in [7, 11) is 1.17. The van der Waals surface area contributed by atoms with Crippen LogP contribution in [0.2, 0.25) is 0 Å². The van der Waals surface area contributed by atoms with E-state index in [1.165, 1.54) is 108 Å². The molecule has 1 fully saturated rings. The molecule has 0 saturated carbocycles. The molecule has 0 bridgehead atoms. The highest BCUT2D eigenvalue weighted by Crippen LogP contribution is 2.32. The molecule has 4 aromatic carbocycles. The minimum Gasteiger partial charge on any atom is -0.467 e. The summed E-state index contributed by atoms with van der Waals surface area (Å²) in [5.74, 6) is -4.59. The fourth-order valence-corrected chi connectivity index (χ4v) is 8.09. The minimum atomic E-state index is -1.69. The summed E-state index contributed by atoms with van der Waals surface area (Å²) in [5.41, 5.74) is 0.575. The highest BCUT2D eigenvalue weighted by atomic mass is 16.7. The van der Waals surface area contributed by atoms with Gasteiger partial charge in [-0.05, 0) is 55.0 Å². The first-order chi connectivity index (χ1) is 34.2. The Morgan fingerprint density at radius 2 is 0.886 bits per heavy atom. The largest absolute Gasteiger partial charge is 0.467 e. The van der Waals surface area contributed by atoms with Crippen molar-refractivity contribution >= 4 is 35.8 Å². The summed E-state index contributed by atoms with van der Waals surface area (Å²) in [6, 6.07) is 30.7. The van der Waals surface area contributed by atoms with Crippen molar-refractivity contribution in [2.75, 3.05) is 20.3 Å². The Hall–Kier alpha value is -6.38. The maximum atomic E-state index is 14.0. The number of carbonyl (C=O) groups is 6. The van der Waals surface area contributed by atoms with Crippen LogP contribution in [0.15, 0.2) is 121 Å². The minimum absolute atomic E-state index is 0.113. The van der Waals surface area contributed by atoms with Crippen molar-refractivity contribution in [2.24, 2.45) is 0 Å². The highest BCUT2D eigenvalue weighted by Gasteiger charge is 2.54. The molecule has 1 aliphatic rings. The number of carbonyl (C=O) groups excluding carboxylic acids is 6. The summed E-state index contributed by atoms with van der Waals surface area (Å²) >= 11 is 0. The van der Waals surface area contributed by atoms with Crippen LogP contribution in [0.4, 0.5) is 0 Å². The molecular formula is C56H69NO13. The van der Waals surface area contributed by atoms with Crippen molar-refractivity contribution in [3.8, 4) is 0 Å². The van der Waals surface area contributed by atoms with E-state index in [1.807, 2.05) is 0 Å². The Morgan fingerprint density at radius 1 is 0.500 bits per heavy atom. The lowest BCUT2D eigenvalue weighted by Crippen LogP contribution is -2.63. The van der Waals surface area contributed by atoms with Gasteiger partial charge >= 0.3 is 29.8 Å². The molecular weight excluding hydrogens is 895 g/mol. The molecule has 0 aromatic heterocycles. The lowest BCUT2D eigenvalue weighted by molar-refractivity contribution is -0.299. The molecule has 6 atom stereocenters. The maximum absolute atomic E-state index is 14.0. The van der Waals surface area contributed by atoms with Gasteiger partial charge in [0.25, 0.3) is 0 Å². The number of hydrogen-bond acceptors (Lipinski definition) is 13. The molecule has 70 heavy (non-hydrogen) atoms. The van der Waals surface area contributed by atoms with Crippen LogP contribution in [-0.4, -0.2) is 92.8 Å². The number of nitrogens with one attached hydrogen (secondary N) is 1. The second-order valence-electron chi connectivity index (χ2n) is 17.4. The third kappa shape index (κ3) is 18.5. The molecule has 1 heterocycles. The summed E-state index contributed by atoms with van der Waals surface area (Å²) in [4.78, 5) is 81.5. The molecule has 0 spiro atoms. The first kappa shape index (κ1) is 54.6. The van der Waals surface area contributed by atoms with Gasteiger partial charge in [-0.25, -0.2) is 24.0 Å². The van der Waals surface area contributed by atoms with Gasteiger partial charge in [0.05, 0.1) is 36.0 Å². The third-order valence-corrected chi connectivity index (χ3v) is 12.0. The van der Waals surface area contributed by atoms with Gasteiger partial charge in [0, 0.05) is 6.42 Å². The van der Waals surface area contributed by atoms with Gasteiger partial charge in [-0.15, -0.1) is 0 Å². The Kier molecular flexibility index (Phi) is 24.1. The number of ether oxygens (including phenoxy) is 7. The van der Waals surface area contributed by atoms with E-state index in [4.69, 9.17) is 33.2 Å². The first-order valence-corrected chi connectivity index (χ1v) is 24.8. The predicted molar refractivity (Wildman–Crippen MR) is 262 cm³/mol. The Balaban J connectivity index is 1.32. The van der Waals surface area contributed by atoms with E-state index < -0.39 is 85.7 Å². The molecule has 0 radical (unpaired) electrons. The zero-order chi connectivity index (χ0) is 49.8. The Bertz CT molecular complexity index is 2170. The molecule has 5 rings (SSSR count). The van der Waals surface area contributed by atoms with Crippen LogP contribution in [0.3, 0.4) is 0 Å².